The quantitative estimate of drug-likeness (QED) is 0.434. The molecule has 2 fully saturated rings. The van der Waals surface area contributed by atoms with Crippen LogP contribution < -0.4 is 19.1 Å². The summed E-state index contributed by atoms with van der Waals surface area (Å²) in [4.78, 5) is 7.44. The van der Waals surface area contributed by atoms with Crippen molar-refractivity contribution < 1.29 is 14.2 Å². The molecule has 2 aromatic carbocycles. The minimum absolute atomic E-state index is 0.306. The molecular formula is C27H38ClN3O3. The average molecular weight is 488 g/mol. The summed E-state index contributed by atoms with van der Waals surface area (Å²) < 4.78 is 17.1. The highest BCUT2D eigenvalue weighted by Gasteiger charge is 2.23. The van der Waals surface area contributed by atoms with E-state index in [4.69, 9.17) is 25.8 Å². The number of likely N-dealkylation sites (tertiary alicyclic amines) is 1. The standard InChI is InChI=1S/C27H38ClN3O3/c1-21(30-14-16-31(17-15-30)23-8-9-24(28)26(20-23)32-2)22-7-10-25(27(19-22)33-3)34-18-6-13-29-11-4-5-12-29/h7-10,19-21H,4-6,11-18H2,1-3H3. The molecule has 34 heavy (non-hydrogen) atoms. The Morgan fingerprint density at radius 3 is 2.29 bits per heavy atom. The van der Waals surface area contributed by atoms with E-state index in [0.717, 1.165) is 68.7 Å². The fourth-order valence-corrected chi connectivity index (χ4v) is 5.16. The van der Waals surface area contributed by atoms with Crippen molar-refractivity contribution in [3.8, 4) is 17.2 Å². The molecule has 0 radical (unpaired) electrons. The molecule has 0 saturated carbocycles. The molecule has 6 nitrogen and oxygen atoms in total. The molecule has 1 atom stereocenters. The third-order valence-corrected chi connectivity index (χ3v) is 7.42. The zero-order valence-corrected chi connectivity index (χ0v) is 21.5. The van der Waals surface area contributed by atoms with Gasteiger partial charge in [0.1, 0.15) is 5.75 Å². The lowest BCUT2D eigenvalue weighted by molar-refractivity contribution is 0.198. The number of methoxy groups -OCH3 is 2. The van der Waals surface area contributed by atoms with E-state index in [1.165, 1.54) is 31.5 Å². The fourth-order valence-electron chi connectivity index (χ4n) is 4.96. The van der Waals surface area contributed by atoms with Crippen LogP contribution in [0.1, 0.15) is 37.8 Å². The lowest BCUT2D eigenvalue weighted by Crippen LogP contribution is -2.47. The molecule has 0 N–H and O–H groups in total. The third kappa shape index (κ3) is 6.09. The maximum atomic E-state index is 6.19. The van der Waals surface area contributed by atoms with E-state index < -0.39 is 0 Å². The van der Waals surface area contributed by atoms with Gasteiger partial charge >= 0.3 is 0 Å². The first-order valence-corrected chi connectivity index (χ1v) is 12.8. The van der Waals surface area contributed by atoms with E-state index in [-0.39, 0.29) is 0 Å². The maximum absolute atomic E-state index is 6.19. The van der Waals surface area contributed by atoms with Crippen molar-refractivity contribution in [2.24, 2.45) is 0 Å². The van der Waals surface area contributed by atoms with E-state index >= 15 is 0 Å². The fraction of sp³-hybridized carbons (Fsp3) is 0.556. The highest BCUT2D eigenvalue weighted by molar-refractivity contribution is 6.32. The number of benzene rings is 2. The number of ether oxygens (including phenoxy) is 3. The zero-order chi connectivity index (χ0) is 23.9. The van der Waals surface area contributed by atoms with Crippen LogP contribution in [0.4, 0.5) is 5.69 Å². The molecule has 4 rings (SSSR count). The number of hydrogen-bond donors (Lipinski definition) is 0. The molecule has 7 heteroatoms. The van der Waals surface area contributed by atoms with Crippen LogP contribution in [-0.4, -0.2) is 76.4 Å². The summed E-state index contributed by atoms with van der Waals surface area (Å²) in [7, 11) is 3.38. The molecule has 0 aliphatic carbocycles. The predicted octanol–water partition coefficient (Wildman–Crippen LogP) is 5.11. The van der Waals surface area contributed by atoms with Crippen LogP contribution in [0, 0.1) is 0 Å². The zero-order valence-electron chi connectivity index (χ0n) is 20.8. The Balaban J connectivity index is 1.30. The first-order chi connectivity index (χ1) is 16.6. The number of nitrogens with zero attached hydrogens (tertiary/aromatic N) is 3. The van der Waals surface area contributed by atoms with Gasteiger partial charge in [0.2, 0.25) is 0 Å². The Morgan fingerprint density at radius 1 is 0.853 bits per heavy atom. The second kappa shape index (κ2) is 12.0. The van der Waals surface area contributed by atoms with Crippen LogP contribution in [0.25, 0.3) is 0 Å². The van der Waals surface area contributed by atoms with Crippen molar-refractivity contribution >= 4 is 17.3 Å². The summed E-state index contributed by atoms with van der Waals surface area (Å²) in [6, 6.07) is 12.7. The van der Waals surface area contributed by atoms with Gasteiger partial charge < -0.3 is 24.0 Å². The van der Waals surface area contributed by atoms with E-state index in [9.17, 15) is 0 Å². The summed E-state index contributed by atoms with van der Waals surface area (Å²) in [5, 5.41) is 0.645. The highest BCUT2D eigenvalue weighted by Crippen LogP contribution is 2.34. The largest absolute Gasteiger partial charge is 0.495 e. The molecule has 0 amide bonds. The van der Waals surface area contributed by atoms with Gasteiger partial charge in [-0.25, -0.2) is 0 Å². The van der Waals surface area contributed by atoms with Gasteiger partial charge in [-0.3, -0.25) is 4.90 Å². The summed E-state index contributed by atoms with van der Waals surface area (Å²) in [6.45, 7) is 10.5. The van der Waals surface area contributed by atoms with Gasteiger partial charge in [-0.05, 0) is 69.1 Å². The van der Waals surface area contributed by atoms with Gasteiger partial charge in [0.25, 0.3) is 0 Å². The molecule has 186 valence electrons. The molecule has 1 unspecified atom stereocenters. The Morgan fingerprint density at radius 2 is 1.59 bits per heavy atom. The lowest BCUT2D eigenvalue weighted by Gasteiger charge is -2.39. The maximum Gasteiger partial charge on any atom is 0.161 e. The summed E-state index contributed by atoms with van der Waals surface area (Å²) >= 11 is 6.19. The number of halogens is 1. The summed E-state index contributed by atoms with van der Waals surface area (Å²) in [5.41, 5.74) is 2.41. The SMILES string of the molecule is COc1cc(N2CCN(C(C)c3ccc(OCCCN4CCCC4)c(OC)c3)CC2)ccc1Cl. The van der Waals surface area contributed by atoms with Gasteiger partial charge in [-0.15, -0.1) is 0 Å². The topological polar surface area (TPSA) is 37.4 Å². The van der Waals surface area contributed by atoms with Gasteiger partial charge in [0.05, 0.1) is 25.8 Å². The molecule has 2 saturated heterocycles. The Bertz CT molecular complexity index is 927. The second-order valence-corrected chi connectivity index (χ2v) is 9.59. The van der Waals surface area contributed by atoms with Crippen LogP contribution in [0.2, 0.25) is 5.02 Å². The Hall–Kier alpha value is -2.15. The first kappa shape index (κ1) is 25.0. The van der Waals surface area contributed by atoms with E-state index in [1.54, 1.807) is 14.2 Å². The monoisotopic (exact) mass is 487 g/mol. The van der Waals surface area contributed by atoms with Crippen molar-refractivity contribution in [2.45, 2.75) is 32.2 Å². The molecule has 0 bridgehead atoms. The average Bonchev–Trinajstić information content (AvgIpc) is 3.40. The smallest absolute Gasteiger partial charge is 0.161 e. The third-order valence-electron chi connectivity index (χ3n) is 7.11. The molecule has 0 spiro atoms. The Labute approximate surface area is 209 Å². The van der Waals surface area contributed by atoms with Gasteiger partial charge in [-0.1, -0.05) is 17.7 Å². The van der Waals surface area contributed by atoms with Crippen molar-refractivity contribution in [2.75, 3.05) is 71.5 Å². The Kier molecular flexibility index (Phi) is 8.81. The van der Waals surface area contributed by atoms with Crippen molar-refractivity contribution in [1.29, 1.82) is 0 Å². The molecule has 2 heterocycles. The lowest BCUT2D eigenvalue weighted by atomic mass is 10.0. The number of piperazine rings is 1. The van der Waals surface area contributed by atoms with Crippen molar-refractivity contribution in [1.82, 2.24) is 9.80 Å². The van der Waals surface area contributed by atoms with Crippen LogP contribution in [0.15, 0.2) is 36.4 Å². The van der Waals surface area contributed by atoms with Crippen LogP contribution >= 0.6 is 11.6 Å². The normalized spacial score (nSPS) is 18.2. The minimum atomic E-state index is 0.306. The summed E-state index contributed by atoms with van der Waals surface area (Å²) in [5.74, 6) is 2.37. The summed E-state index contributed by atoms with van der Waals surface area (Å²) in [6.07, 6.45) is 3.71. The minimum Gasteiger partial charge on any atom is -0.495 e. The van der Waals surface area contributed by atoms with E-state index in [0.29, 0.717) is 11.1 Å². The number of hydrogen-bond acceptors (Lipinski definition) is 6. The van der Waals surface area contributed by atoms with E-state index in [1.807, 2.05) is 12.1 Å². The van der Waals surface area contributed by atoms with Crippen LogP contribution in [0.5, 0.6) is 17.2 Å². The van der Waals surface area contributed by atoms with Crippen molar-refractivity contribution in [3.05, 3.63) is 47.0 Å². The van der Waals surface area contributed by atoms with Gasteiger partial charge in [0.15, 0.2) is 11.5 Å². The van der Waals surface area contributed by atoms with Crippen LogP contribution in [0.3, 0.4) is 0 Å². The predicted molar refractivity (Wildman–Crippen MR) is 139 cm³/mol. The molecular weight excluding hydrogens is 450 g/mol. The number of rotatable bonds is 10. The molecule has 2 aliphatic heterocycles. The highest BCUT2D eigenvalue weighted by atomic mass is 35.5. The van der Waals surface area contributed by atoms with Gasteiger partial charge in [0, 0.05) is 50.5 Å². The first-order valence-electron chi connectivity index (χ1n) is 12.4. The molecule has 0 aromatic heterocycles. The van der Waals surface area contributed by atoms with Crippen LogP contribution in [-0.2, 0) is 0 Å². The van der Waals surface area contributed by atoms with Crippen molar-refractivity contribution in [3.63, 3.8) is 0 Å². The van der Waals surface area contributed by atoms with Gasteiger partial charge in [-0.2, -0.15) is 0 Å². The molecule has 2 aliphatic rings. The second-order valence-electron chi connectivity index (χ2n) is 9.18. The number of anilines is 1. The van der Waals surface area contributed by atoms with E-state index in [2.05, 4.69) is 45.9 Å². The molecule has 2 aromatic rings.